The van der Waals surface area contributed by atoms with Crippen LogP contribution in [0.15, 0.2) is 41.6 Å². The molecule has 0 saturated carbocycles. The Morgan fingerprint density at radius 3 is 2.94 bits per heavy atom. The van der Waals surface area contributed by atoms with Gasteiger partial charge in [-0.3, -0.25) is 20.0 Å². The minimum absolute atomic E-state index is 0.133. The number of nitrogens with zero attached hydrogens (tertiary/aromatic N) is 4. The Balaban J connectivity index is 1.35. The predicted molar refractivity (Wildman–Crippen MR) is 120 cm³/mol. The number of hydrogen-bond acceptors (Lipinski definition) is 7. The first-order valence-corrected chi connectivity index (χ1v) is 10.4. The van der Waals surface area contributed by atoms with Crippen LogP contribution in [-0.4, -0.2) is 43.2 Å². The third kappa shape index (κ3) is 3.57. The highest BCUT2D eigenvalue weighted by Gasteiger charge is 2.30. The van der Waals surface area contributed by atoms with Crippen molar-refractivity contribution >= 4 is 28.2 Å². The lowest BCUT2D eigenvalue weighted by Crippen LogP contribution is -2.31. The lowest BCUT2D eigenvalue weighted by Gasteiger charge is -2.27. The van der Waals surface area contributed by atoms with Gasteiger partial charge in [-0.15, -0.1) is 0 Å². The summed E-state index contributed by atoms with van der Waals surface area (Å²) in [7, 11) is 0. The van der Waals surface area contributed by atoms with Crippen LogP contribution in [0, 0.1) is 10.1 Å². The van der Waals surface area contributed by atoms with Crippen molar-refractivity contribution in [1.82, 2.24) is 25.1 Å². The number of benzene rings is 1. The highest BCUT2D eigenvalue weighted by atomic mass is 16.6. The summed E-state index contributed by atoms with van der Waals surface area (Å²) >= 11 is 0. The Labute approximate surface area is 182 Å². The van der Waals surface area contributed by atoms with Crippen LogP contribution in [0.4, 0.5) is 17.3 Å². The van der Waals surface area contributed by atoms with Gasteiger partial charge in [-0.2, -0.15) is 0 Å². The summed E-state index contributed by atoms with van der Waals surface area (Å²) in [6.45, 7) is 1.58. The van der Waals surface area contributed by atoms with Crippen LogP contribution in [0.5, 0.6) is 0 Å². The van der Waals surface area contributed by atoms with Crippen molar-refractivity contribution < 1.29 is 4.92 Å². The van der Waals surface area contributed by atoms with Gasteiger partial charge in [0.1, 0.15) is 6.33 Å². The molecule has 0 aliphatic carbocycles. The molecule has 1 aromatic carbocycles. The number of rotatable bonds is 7. The Bertz CT molecular complexity index is 1340. The van der Waals surface area contributed by atoms with Crippen LogP contribution in [0.25, 0.3) is 10.9 Å². The zero-order valence-corrected chi connectivity index (χ0v) is 17.2. The molecule has 4 N–H and O–H groups in total. The van der Waals surface area contributed by atoms with Crippen LogP contribution in [0.3, 0.4) is 0 Å². The molecule has 0 unspecified atom stereocenters. The molecule has 5 rings (SSSR count). The second-order valence-electron chi connectivity index (χ2n) is 7.75. The van der Waals surface area contributed by atoms with Crippen LogP contribution >= 0.6 is 0 Å². The zero-order chi connectivity index (χ0) is 22.1. The van der Waals surface area contributed by atoms with Crippen molar-refractivity contribution in [3.63, 3.8) is 0 Å². The summed E-state index contributed by atoms with van der Waals surface area (Å²) in [5, 5.41) is 21.3. The molecular weight excluding hydrogens is 412 g/mol. The van der Waals surface area contributed by atoms with Gasteiger partial charge in [0.2, 0.25) is 11.6 Å². The third-order valence-corrected chi connectivity index (χ3v) is 5.81. The molecule has 4 heterocycles. The molecule has 0 amide bonds. The second-order valence-corrected chi connectivity index (χ2v) is 7.75. The topological polar surface area (TPSA) is 149 Å². The molecule has 0 radical (unpaired) electrons. The van der Waals surface area contributed by atoms with Gasteiger partial charge >= 0.3 is 5.69 Å². The number of aromatic nitrogens is 5. The molecular formula is C21H22N8O3. The number of aromatic amines is 3. The average Bonchev–Trinajstić information content (AvgIpc) is 3.38. The minimum atomic E-state index is -0.435. The average molecular weight is 434 g/mol. The molecule has 0 bridgehead atoms. The second kappa shape index (κ2) is 8.17. The maximum Gasteiger partial charge on any atom is 0.353 e. The molecule has 11 nitrogen and oxygen atoms in total. The normalized spacial score (nSPS) is 13.3. The fourth-order valence-corrected chi connectivity index (χ4v) is 4.28. The van der Waals surface area contributed by atoms with Gasteiger partial charge in [0, 0.05) is 41.4 Å². The van der Waals surface area contributed by atoms with Crippen molar-refractivity contribution in [2.24, 2.45) is 0 Å². The number of para-hydroxylation sites is 1. The molecule has 0 spiro atoms. The van der Waals surface area contributed by atoms with E-state index >= 15 is 0 Å². The van der Waals surface area contributed by atoms with E-state index in [0.29, 0.717) is 43.9 Å². The predicted octanol–water partition coefficient (Wildman–Crippen LogP) is 2.49. The van der Waals surface area contributed by atoms with E-state index in [1.165, 1.54) is 17.3 Å². The number of H-pyrrole nitrogens is 3. The quantitative estimate of drug-likeness (QED) is 0.198. The minimum Gasteiger partial charge on any atom is -0.364 e. The monoisotopic (exact) mass is 434 g/mol. The van der Waals surface area contributed by atoms with Gasteiger partial charge < -0.3 is 20.3 Å². The maximum absolute atomic E-state index is 11.9. The van der Waals surface area contributed by atoms with Crippen molar-refractivity contribution in [2.75, 3.05) is 23.3 Å². The zero-order valence-electron chi connectivity index (χ0n) is 17.2. The van der Waals surface area contributed by atoms with E-state index in [9.17, 15) is 14.9 Å². The smallest absolute Gasteiger partial charge is 0.353 e. The van der Waals surface area contributed by atoms with Crippen molar-refractivity contribution in [3.05, 3.63) is 74.1 Å². The molecule has 0 atom stereocenters. The standard InChI is InChI=1S/C21H22N8O3/c30-21-13(10-25-27-21)4-3-8-22-19-18(29(31)32)20(24-12-23-19)28-9-7-15-14-5-1-2-6-16(14)26-17(15)11-28/h1-2,5-6,10,12,26H,3-4,7-9,11H2,(H,22,23,24)(H2,25,27,30). The number of aryl methyl sites for hydroxylation is 1. The molecule has 32 heavy (non-hydrogen) atoms. The van der Waals surface area contributed by atoms with Crippen molar-refractivity contribution in [2.45, 2.75) is 25.8 Å². The van der Waals surface area contributed by atoms with Crippen LogP contribution in [0.2, 0.25) is 0 Å². The van der Waals surface area contributed by atoms with E-state index in [4.69, 9.17) is 0 Å². The number of nitrogens with one attached hydrogen (secondary N) is 4. The highest BCUT2D eigenvalue weighted by molar-refractivity contribution is 5.85. The van der Waals surface area contributed by atoms with E-state index in [2.05, 4.69) is 36.5 Å². The summed E-state index contributed by atoms with van der Waals surface area (Å²) in [6.07, 6.45) is 4.92. The number of anilines is 2. The number of fused-ring (bicyclic) bond motifs is 3. The van der Waals surface area contributed by atoms with E-state index in [-0.39, 0.29) is 17.1 Å². The summed E-state index contributed by atoms with van der Waals surface area (Å²) in [5.41, 5.74) is 3.74. The van der Waals surface area contributed by atoms with Gasteiger partial charge in [0.15, 0.2) is 0 Å². The lowest BCUT2D eigenvalue weighted by atomic mass is 10.0. The molecule has 1 aliphatic heterocycles. The van der Waals surface area contributed by atoms with Crippen LogP contribution < -0.4 is 15.8 Å². The van der Waals surface area contributed by atoms with Crippen molar-refractivity contribution in [1.29, 1.82) is 0 Å². The Hall–Kier alpha value is -4.15. The van der Waals surface area contributed by atoms with Gasteiger partial charge in [0.25, 0.3) is 5.56 Å². The SMILES string of the molecule is O=c1[nH][nH]cc1CCCNc1ncnc(N2CCc3c([nH]c4ccccc34)C2)c1[N+](=O)[O-]. The van der Waals surface area contributed by atoms with Gasteiger partial charge in [-0.25, -0.2) is 9.97 Å². The molecule has 164 valence electrons. The van der Waals surface area contributed by atoms with E-state index in [1.807, 2.05) is 23.1 Å². The van der Waals surface area contributed by atoms with Gasteiger partial charge in [0.05, 0.1) is 11.5 Å². The molecule has 11 heteroatoms. The molecule has 1 aliphatic rings. The lowest BCUT2D eigenvalue weighted by molar-refractivity contribution is -0.383. The van der Waals surface area contributed by atoms with Gasteiger partial charge in [-0.1, -0.05) is 18.2 Å². The summed E-state index contributed by atoms with van der Waals surface area (Å²) < 4.78 is 0. The summed E-state index contributed by atoms with van der Waals surface area (Å²) in [5.74, 6) is 0.490. The Morgan fingerprint density at radius 2 is 2.12 bits per heavy atom. The first kappa shape index (κ1) is 19.8. The summed E-state index contributed by atoms with van der Waals surface area (Å²) in [6, 6.07) is 8.13. The van der Waals surface area contributed by atoms with Crippen molar-refractivity contribution in [3.8, 4) is 0 Å². The summed E-state index contributed by atoms with van der Waals surface area (Å²) in [4.78, 5) is 36.8. The van der Waals surface area contributed by atoms with Crippen LogP contribution in [0.1, 0.15) is 23.2 Å². The van der Waals surface area contributed by atoms with Crippen LogP contribution in [-0.2, 0) is 19.4 Å². The fourth-order valence-electron chi connectivity index (χ4n) is 4.28. The molecule has 0 fully saturated rings. The fraction of sp³-hybridized carbons (Fsp3) is 0.286. The highest BCUT2D eigenvalue weighted by Crippen LogP contribution is 2.35. The van der Waals surface area contributed by atoms with E-state index < -0.39 is 4.92 Å². The first-order valence-electron chi connectivity index (χ1n) is 10.4. The largest absolute Gasteiger partial charge is 0.364 e. The first-order chi connectivity index (χ1) is 15.6. The van der Waals surface area contributed by atoms with Gasteiger partial charge in [-0.05, 0) is 30.9 Å². The number of hydrogen-bond donors (Lipinski definition) is 4. The Morgan fingerprint density at radius 1 is 1.25 bits per heavy atom. The number of nitro groups is 1. The van der Waals surface area contributed by atoms with E-state index in [0.717, 1.165) is 17.6 Å². The molecule has 3 aromatic heterocycles. The third-order valence-electron chi connectivity index (χ3n) is 5.81. The Kier molecular flexibility index (Phi) is 5.06. The molecule has 4 aromatic rings. The maximum atomic E-state index is 11.9. The molecule has 0 saturated heterocycles. The van der Waals surface area contributed by atoms with E-state index in [1.54, 1.807) is 6.20 Å².